The van der Waals surface area contributed by atoms with E-state index in [2.05, 4.69) is 38.4 Å². The van der Waals surface area contributed by atoms with E-state index in [9.17, 15) is 19.1 Å². The van der Waals surface area contributed by atoms with Crippen LogP contribution >= 0.6 is 0 Å². The van der Waals surface area contributed by atoms with Crippen LogP contribution in [-0.2, 0) is 4.79 Å². The van der Waals surface area contributed by atoms with Crippen molar-refractivity contribution >= 4 is 28.8 Å². The quantitative estimate of drug-likeness (QED) is 0.190. The van der Waals surface area contributed by atoms with Gasteiger partial charge in [0.1, 0.15) is 0 Å². The Bertz CT molecular complexity index is 1610. The number of carbonyl (C=O) groups excluding carboxylic acids is 2. The maximum Gasteiger partial charge on any atom is 0.251 e. The van der Waals surface area contributed by atoms with Crippen LogP contribution in [0.5, 0.6) is 5.75 Å². The number of hydrogen-bond acceptors (Lipinski definition) is 7. The van der Waals surface area contributed by atoms with E-state index in [1.165, 1.54) is 19.2 Å². The van der Waals surface area contributed by atoms with Gasteiger partial charge in [0, 0.05) is 55.0 Å². The van der Waals surface area contributed by atoms with E-state index in [1.54, 1.807) is 19.2 Å². The van der Waals surface area contributed by atoms with Crippen molar-refractivity contribution in [3.8, 4) is 5.75 Å². The molecule has 0 aromatic heterocycles. The molecular weight excluding hydrogens is 592 g/mol. The molecule has 3 aliphatic rings. The van der Waals surface area contributed by atoms with E-state index < -0.39 is 23.3 Å². The van der Waals surface area contributed by atoms with Gasteiger partial charge < -0.3 is 31.1 Å². The number of nitrogens with zero attached hydrogens (tertiary/aromatic N) is 1. The number of nitrogens with one attached hydrogen (secondary N) is 4. The maximum atomic E-state index is 15.1. The van der Waals surface area contributed by atoms with Crippen LogP contribution in [0, 0.1) is 24.5 Å². The first-order valence-corrected chi connectivity index (χ1v) is 15.6. The van der Waals surface area contributed by atoms with Crippen LogP contribution in [0.3, 0.4) is 0 Å². The standard InChI is InChI=1S/C35H41F2N5O4/c1-21-17-22(11-12-23(21)33(43)38-15-8-16-39-34(44)28-18-35(2,45)20-41-28)42-27-10-7-5-4-6-9-25-26(19-40-32(25)27)24-13-14-29(46-3)31(37)30(24)36/h4-5,10-14,17,19,25,28,41-42,45H,6-9,15-16,18,20H2,1-3H3,(H,38,43)(H,39,44)/b5-4-,27-10-/t25?,28-,35-/m0/s1. The lowest BCUT2D eigenvalue weighted by Crippen LogP contribution is -2.41. The number of halogens is 2. The lowest BCUT2D eigenvalue weighted by Gasteiger charge is -2.21. The van der Waals surface area contributed by atoms with Gasteiger partial charge >= 0.3 is 0 Å². The Balaban J connectivity index is 1.19. The monoisotopic (exact) mass is 633 g/mol. The molecule has 2 aromatic rings. The normalized spacial score (nSPS) is 24.3. The number of amides is 2. The summed E-state index contributed by atoms with van der Waals surface area (Å²) in [5.41, 5.74) is 3.50. The molecule has 1 unspecified atom stereocenters. The molecule has 11 heteroatoms. The van der Waals surface area contributed by atoms with Crippen molar-refractivity contribution < 1.29 is 28.2 Å². The summed E-state index contributed by atoms with van der Waals surface area (Å²) in [5, 5.41) is 22.3. The molecular formula is C35H41F2N5O4. The number of fused-ring (bicyclic) bond motifs is 1. The summed E-state index contributed by atoms with van der Waals surface area (Å²) in [6, 6.07) is 8.02. The number of methoxy groups -OCH3 is 1. The third-order valence-corrected chi connectivity index (χ3v) is 8.53. The predicted octanol–water partition coefficient (Wildman–Crippen LogP) is 4.78. The Kier molecular flexibility index (Phi) is 10.3. The summed E-state index contributed by atoms with van der Waals surface area (Å²) in [7, 11) is 1.30. The fourth-order valence-electron chi connectivity index (χ4n) is 6.05. The van der Waals surface area contributed by atoms with Crippen molar-refractivity contribution in [3.05, 3.63) is 88.8 Å². The zero-order valence-corrected chi connectivity index (χ0v) is 26.4. The third-order valence-electron chi connectivity index (χ3n) is 8.53. The summed E-state index contributed by atoms with van der Waals surface area (Å²) in [6.07, 6.45) is 10.8. The fourth-order valence-corrected chi connectivity index (χ4v) is 6.05. The van der Waals surface area contributed by atoms with Crippen molar-refractivity contribution in [1.29, 1.82) is 0 Å². The second-order valence-electron chi connectivity index (χ2n) is 12.2. The number of aliphatic hydroxyl groups is 1. The molecule has 2 amide bonds. The second kappa shape index (κ2) is 14.4. The number of anilines is 1. The lowest BCUT2D eigenvalue weighted by molar-refractivity contribution is -0.123. The van der Waals surface area contributed by atoms with Crippen LogP contribution in [0.4, 0.5) is 14.5 Å². The molecule has 0 bridgehead atoms. The molecule has 244 valence electrons. The summed E-state index contributed by atoms with van der Waals surface area (Å²) < 4.78 is 34.6. The van der Waals surface area contributed by atoms with Gasteiger partial charge in [-0.05, 0) is 81.0 Å². The van der Waals surface area contributed by atoms with Crippen molar-refractivity contribution in [2.24, 2.45) is 10.9 Å². The first kappa shape index (κ1) is 33.0. The number of carbonyl (C=O) groups is 2. The number of aliphatic imine (C=N–C) groups is 1. The van der Waals surface area contributed by atoms with Gasteiger partial charge in [-0.25, -0.2) is 4.39 Å². The molecule has 2 aliphatic heterocycles. The molecule has 46 heavy (non-hydrogen) atoms. The average molecular weight is 634 g/mol. The van der Waals surface area contributed by atoms with Gasteiger partial charge in [-0.1, -0.05) is 18.2 Å². The Morgan fingerprint density at radius 3 is 2.67 bits per heavy atom. The van der Waals surface area contributed by atoms with Gasteiger partial charge in [-0.3, -0.25) is 14.6 Å². The number of benzene rings is 2. The second-order valence-corrected chi connectivity index (χ2v) is 12.2. The third kappa shape index (κ3) is 7.54. The van der Waals surface area contributed by atoms with Crippen molar-refractivity contribution in [2.45, 2.75) is 57.6 Å². The van der Waals surface area contributed by atoms with Crippen LogP contribution in [0.25, 0.3) is 5.57 Å². The smallest absolute Gasteiger partial charge is 0.251 e. The number of allylic oxidation sites excluding steroid dienone is 5. The van der Waals surface area contributed by atoms with Crippen LogP contribution in [0.2, 0.25) is 0 Å². The molecule has 0 radical (unpaired) electrons. The van der Waals surface area contributed by atoms with Gasteiger partial charge in [0.05, 0.1) is 30.2 Å². The van der Waals surface area contributed by atoms with Gasteiger partial charge in [0.2, 0.25) is 11.7 Å². The van der Waals surface area contributed by atoms with E-state index in [1.807, 2.05) is 25.1 Å². The highest BCUT2D eigenvalue weighted by Crippen LogP contribution is 2.39. The molecule has 5 rings (SSSR count). The lowest BCUT2D eigenvalue weighted by atomic mass is 9.86. The first-order chi connectivity index (χ1) is 22.1. The highest BCUT2D eigenvalue weighted by atomic mass is 19.2. The van der Waals surface area contributed by atoms with Gasteiger partial charge in [0.25, 0.3) is 5.91 Å². The summed E-state index contributed by atoms with van der Waals surface area (Å²) in [4.78, 5) is 29.9. The largest absolute Gasteiger partial charge is 0.494 e. The molecule has 1 fully saturated rings. The van der Waals surface area contributed by atoms with Gasteiger partial charge in [0.15, 0.2) is 11.6 Å². The van der Waals surface area contributed by atoms with Crippen LogP contribution < -0.4 is 26.0 Å². The number of ether oxygens (including phenoxy) is 1. The Hall–Kier alpha value is -4.35. The van der Waals surface area contributed by atoms with E-state index in [4.69, 9.17) is 4.74 Å². The van der Waals surface area contributed by atoms with Crippen LogP contribution in [0.1, 0.15) is 60.5 Å². The molecule has 2 aromatic carbocycles. The number of β-amino-alcohol motifs (C(OH)–C–C–N with tert-alkyl or cyclic N) is 1. The molecule has 1 saturated heterocycles. The minimum Gasteiger partial charge on any atom is -0.494 e. The highest BCUT2D eigenvalue weighted by Gasteiger charge is 2.36. The summed E-state index contributed by atoms with van der Waals surface area (Å²) in [6.45, 7) is 4.75. The van der Waals surface area contributed by atoms with Crippen molar-refractivity contribution in [1.82, 2.24) is 16.0 Å². The highest BCUT2D eigenvalue weighted by molar-refractivity contribution is 6.12. The fraction of sp³-hybridized carbons (Fsp3) is 0.400. The maximum absolute atomic E-state index is 15.1. The summed E-state index contributed by atoms with van der Waals surface area (Å²) in [5.74, 6) is -2.74. The molecule has 1 aliphatic carbocycles. The number of rotatable bonds is 10. The van der Waals surface area contributed by atoms with Gasteiger partial charge in [-0.15, -0.1) is 0 Å². The molecule has 5 N–H and O–H groups in total. The SMILES string of the molecule is COc1ccc(C2=CN=C3/C(Nc4ccc(C(=O)NCCCNC(=O)[C@@H]5C[C@](C)(O)CN5)c(C)c4)=C/C/C=C\CCC23)c(F)c1F. The Morgan fingerprint density at radius 1 is 1.13 bits per heavy atom. The van der Waals surface area contributed by atoms with E-state index in [0.717, 1.165) is 29.1 Å². The Labute approximate surface area is 267 Å². The first-order valence-electron chi connectivity index (χ1n) is 15.6. The molecule has 2 heterocycles. The van der Waals surface area contributed by atoms with Gasteiger partial charge in [-0.2, -0.15) is 4.39 Å². The minimum absolute atomic E-state index is 0.147. The van der Waals surface area contributed by atoms with Crippen molar-refractivity contribution in [3.63, 3.8) is 0 Å². The van der Waals surface area contributed by atoms with Crippen LogP contribution in [-0.4, -0.2) is 61.0 Å². The minimum atomic E-state index is -1.02. The van der Waals surface area contributed by atoms with E-state index >= 15 is 4.39 Å². The predicted molar refractivity (Wildman–Crippen MR) is 175 cm³/mol. The molecule has 0 spiro atoms. The zero-order valence-electron chi connectivity index (χ0n) is 26.4. The van der Waals surface area contributed by atoms with Crippen LogP contribution in [0.15, 0.2) is 65.4 Å². The summed E-state index contributed by atoms with van der Waals surface area (Å²) >= 11 is 0. The average Bonchev–Trinajstić information content (AvgIpc) is 3.63. The topological polar surface area (TPSA) is 124 Å². The van der Waals surface area contributed by atoms with E-state index in [0.29, 0.717) is 56.5 Å². The number of hydrogen-bond donors (Lipinski definition) is 5. The van der Waals surface area contributed by atoms with Crippen molar-refractivity contribution in [2.75, 3.05) is 32.1 Å². The molecule has 3 atom stereocenters. The zero-order chi connectivity index (χ0) is 32.8. The molecule has 0 saturated carbocycles. The van der Waals surface area contributed by atoms with E-state index in [-0.39, 0.29) is 29.0 Å². The number of aryl methyl sites for hydroxylation is 1. The molecule has 9 nitrogen and oxygen atoms in total. The Morgan fingerprint density at radius 2 is 1.93 bits per heavy atom.